The lowest BCUT2D eigenvalue weighted by Gasteiger charge is -2.34. The van der Waals surface area contributed by atoms with Gasteiger partial charge in [0.2, 0.25) is 5.91 Å². The first-order valence-electron chi connectivity index (χ1n) is 14.5. The highest BCUT2D eigenvalue weighted by molar-refractivity contribution is 5.92. The Morgan fingerprint density at radius 3 is 2.50 bits per heavy atom. The maximum atomic E-state index is 13.5. The number of carbonyl (C=O) groups excluding carboxylic acids is 2. The van der Waals surface area contributed by atoms with Crippen LogP contribution in [0.25, 0.3) is 10.9 Å². The number of hydrogen-bond acceptors (Lipinski definition) is 6. The average molecular weight is 526 g/mol. The van der Waals surface area contributed by atoms with E-state index < -0.39 is 12.1 Å². The second kappa shape index (κ2) is 15.3. The van der Waals surface area contributed by atoms with Crippen LogP contribution in [0.2, 0.25) is 0 Å². The third-order valence-corrected chi connectivity index (χ3v) is 8.23. The molecule has 0 bridgehead atoms. The number of amides is 1. The number of ketones is 1. The van der Waals surface area contributed by atoms with Crippen molar-refractivity contribution >= 4 is 22.6 Å². The van der Waals surface area contributed by atoms with Gasteiger partial charge in [0, 0.05) is 31.1 Å². The summed E-state index contributed by atoms with van der Waals surface area (Å²) < 4.78 is 0.783. The number of likely N-dealkylation sites (N-methyl/N-ethyl adjacent to an activating group) is 1. The number of benzene rings is 1. The van der Waals surface area contributed by atoms with Crippen molar-refractivity contribution in [1.82, 2.24) is 10.3 Å². The fourth-order valence-electron chi connectivity index (χ4n) is 5.81. The molecule has 0 saturated heterocycles. The summed E-state index contributed by atoms with van der Waals surface area (Å²) >= 11 is 0. The predicted molar refractivity (Wildman–Crippen MR) is 154 cm³/mol. The molecule has 1 heterocycles. The molecule has 7 N–H and O–H groups in total. The summed E-state index contributed by atoms with van der Waals surface area (Å²) in [4.78, 5) is 30.9. The molecule has 1 saturated carbocycles. The van der Waals surface area contributed by atoms with Gasteiger partial charge in [0.1, 0.15) is 0 Å². The number of rotatable bonds is 16. The van der Waals surface area contributed by atoms with E-state index in [0.717, 1.165) is 53.4 Å². The van der Waals surface area contributed by atoms with Gasteiger partial charge in [-0.2, -0.15) is 0 Å². The van der Waals surface area contributed by atoms with Crippen molar-refractivity contribution in [3.8, 4) is 0 Å². The third-order valence-electron chi connectivity index (χ3n) is 8.23. The molecule has 1 amide bonds. The van der Waals surface area contributed by atoms with Crippen molar-refractivity contribution in [1.29, 1.82) is 0 Å². The van der Waals surface area contributed by atoms with Crippen LogP contribution in [0.3, 0.4) is 0 Å². The van der Waals surface area contributed by atoms with Crippen molar-refractivity contribution in [2.75, 3.05) is 39.8 Å². The summed E-state index contributed by atoms with van der Waals surface area (Å²) in [5, 5.41) is 4.05. The molecule has 0 unspecified atom stereocenters. The van der Waals surface area contributed by atoms with Crippen LogP contribution in [-0.2, 0) is 16.0 Å². The van der Waals surface area contributed by atoms with E-state index in [1.165, 1.54) is 32.1 Å². The largest absolute Gasteiger partial charge is 0.345 e. The lowest BCUT2D eigenvalue weighted by atomic mass is 9.84. The van der Waals surface area contributed by atoms with E-state index >= 15 is 0 Å². The Bertz CT molecular complexity index is 1020. The van der Waals surface area contributed by atoms with E-state index in [-0.39, 0.29) is 18.1 Å². The number of nitrogens with two attached hydrogens (primary N) is 3. The van der Waals surface area contributed by atoms with Crippen molar-refractivity contribution in [3.63, 3.8) is 0 Å². The normalized spacial score (nSPS) is 16.3. The minimum Gasteiger partial charge on any atom is -0.345 e. The van der Waals surface area contributed by atoms with Gasteiger partial charge in [-0.05, 0) is 55.4 Å². The van der Waals surface area contributed by atoms with Gasteiger partial charge in [-0.1, -0.05) is 44.2 Å². The second-order valence-electron chi connectivity index (χ2n) is 11.4. The number of hydrogen-bond donors (Lipinski definition) is 4. The van der Waals surface area contributed by atoms with Gasteiger partial charge in [0.15, 0.2) is 5.78 Å². The summed E-state index contributed by atoms with van der Waals surface area (Å²) in [6, 6.07) is 8.66. The first-order valence-corrected chi connectivity index (χ1v) is 14.5. The first-order chi connectivity index (χ1) is 18.3. The highest BCUT2D eigenvalue weighted by atomic mass is 16.2. The van der Waals surface area contributed by atoms with Gasteiger partial charge >= 0.3 is 0 Å². The molecule has 1 aromatic heterocycles. The van der Waals surface area contributed by atoms with Crippen LogP contribution in [0, 0.1) is 5.92 Å². The lowest BCUT2D eigenvalue weighted by molar-refractivity contribution is -0.907. The van der Waals surface area contributed by atoms with E-state index in [9.17, 15) is 9.59 Å². The van der Waals surface area contributed by atoms with E-state index in [0.29, 0.717) is 31.8 Å². The smallest absolute Gasteiger partial charge is 0.237 e. The van der Waals surface area contributed by atoms with Gasteiger partial charge in [-0.3, -0.25) is 14.6 Å². The molecule has 210 valence electrons. The molecular formula is C30H49N6O2+. The Balaban J connectivity index is 1.60. The standard InChI is InChI=1S/C30H48N6O2/c1-36(19-15-31,20-16-32)18-6-10-26(33)30(38)35-28(14-11-23-7-3-2-4-8-23)29(37)22-24-12-13-27-25(21-24)9-5-17-34-27/h5,9,12-13,17,21,23,26,28H,2-4,6-8,10-11,14-16,18-20,22,31-33H2,1H3/p+1/t26-,28-/m0/s1. The van der Waals surface area contributed by atoms with Crippen molar-refractivity contribution in [2.45, 2.75) is 76.3 Å². The molecule has 2 aromatic rings. The van der Waals surface area contributed by atoms with Crippen LogP contribution < -0.4 is 22.5 Å². The summed E-state index contributed by atoms with van der Waals surface area (Å²) in [5.41, 5.74) is 19.7. The third kappa shape index (κ3) is 9.42. The van der Waals surface area contributed by atoms with Crippen LogP contribution >= 0.6 is 0 Å². The maximum Gasteiger partial charge on any atom is 0.237 e. The summed E-state index contributed by atoms with van der Waals surface area (Å²) in [7, 11) is 2.15. The molecule has 1 fully saturated rings. The van der Waals surface area contributed by atoms with Crippen LogP contribution in [0.15, 0.2) is 36.5 Å². The summed E-state index contributed by atoms with van der Waals surface area (Å²) in [6.45, 7) is 3.77. The Hall–Kier alpha value is -2.39. The second-order valence-corrected chi connectivity index (χ2v) is 11.4. The van der Waals surface area contributed by atoms with Gasteiger partial charge in [-0.25, -0.2) is 0 Å². The molecule has 0 spiro atoms. The highest BCUT2D eigenvalue weighted by Crippen LogP contribution is 2.28. The molecule has 8 nitrogen and oxygen atoms in total. The Morgan fingerprint density at radius 2 is 1.79 bits per heavy atom. The Morgan fingerprint density at radius 1 is 1.05 bits per heavy atom. The fraction of sp³-hybridized carbons (Fsp3) is 0.633. The topological polar surface area (TPSA) is 137 Å². The number of pyridine rings is 1. The number of nitrogens with one attached hydrogen (secondary N) is 1. The van der Waals surface area contributed by atoms with Gasteiger partial charge in [0.25, 0.3) is 0 Å². The summed E-state index contributed by atoms with van der Waals surface area (Å²) in [5.74, 6) is 0.443. The molecule has 0 aliphatic heterocycles. The molecule has 1 aliphatic rings. The maximum absolute atomic E-state index is 13.5. The van der Waals surface area contributed by atoms with Crippen LogP contribution in [0.1, 0.15) is 63.4 Å². The monoisotopic (exact) mass is 525 g/mol. The average Bonchev–Trinajstić information content (AvgIpc) is 2.91. The zero-order valence-electron chi connectivity index (χ0n) is 23.2. The molecule has 1 aromatic carbocycles. The predicted octanol–water partition coefficient (Wildman–Crippen LogP) is 2.66. The number of quaternary nitrogens is 1. The number of fused-ring (bicyclic) bond motifs is 1. The molecule has 38 heavy (non-hydrogen) atoms. The zero-order valence-corrected chi connectivity index (χ0v) is 23.2. The molecule has 3 rings (SSSR count). The van der Waals surface area contributed by atoms with Crippen molar-refractivity contribution in [2.24, 2.45) is 23.1 Å². The number of Topliss-reactive ketones (excluding diaryl/α,β-unsaturated/α-hetero) is 1. The number of carbonyl (C=O) groups is 2. The van der Waals surface area contributed by atoms with Crippen LogP contribution in [0.4, 0.5) is 0 Å². The first kappa shape index (κ1) is 30.2. The van der Waals surface area contributed by atoms with E-state index in [2.05, 4.69) is 17.3 Å². The van der Waals surface area contributed by atoms with Crippen molar-refractivity contribution < 1.29 is 14.1 Å². The van der Waals surface area contributed by atoms with Crippen LogP contribution in [-0.4, -0.2) is 73.0 Å². The quantitative estimate of drug-likeness (QED) is 0.249. The highest BCUT2D eigenvalue weighted by Gasteiger charge is 2.26. The summed E-state index contributed by atoms with van der Waals surface area (Å²) in [6.07, 6.45) is 11.3. The minimum absolute atomic E-state index is 0.0414. The Kier molecular flexibility index (Phi) is 12.1. The number of nitrogens with zero attached hydrogens (tertiary/aromatic N) is 2. The minimum atomic E-state index is -0.643. The zero-order chi connectivity index (χ0) is 27.4. The van der Waals surface area contributed by atoms with Crippen molar-refractivity contribution in [3.05, 3.63) is 42.1 Å². The molecular weight excluding hydrogens is 476 g/mol. The SMILES string of the molecule is C[N+](CCN)(CCN)CCC[C@H](N)C(=O)N[C@@H](CCC1CCCCC1)C(=O)Cc1ccc2ncccc2c1. The molecule has 0 radical (unpaired) electrons. The van der Waals surface area contributed by atoms with Crippen LogP contribution in [0.5, 0.6) is 0 Å². The molecule has 8 heteroatoms. The van der Waals surface area contributed by atoms with E-state index in [4.69, 9.17) is 17.2 Å². The molecule has 1 aliphatic carbocycles. The van der Waals surface area contributed by atoms with Gasteiger partial charge < -0.3 is 27.0 Å². The lowest BCUT2D eigenvalue weighted by Crippen LogP contribution is -2.52. The van der Waals surface area contributed by atoms with E-state index in [1.807, 2.05) is 30.3 Å². The Labute approximate surface area is 228 Å². The van der Waals surface area contributed by atoms with Gasteiger partial charge in [-0.15, -0.1) is 0 Å². The van der Waals surface area contributed by atoms with Gasteiger partial charge in [0.05, 0.1) is 44.3 Å². The van der Waals surface area contributed by atoms with E-state index in [1.54, 1.807) is 6.20 Å². The molecule has 2 atom stereocenters. The fourth-order valence-corrected chi connectivity index (χ4v) is 5.81. The number of aromatic nitrogens is 1.